The third kappa shape index (κ3) is 5.76. The van der Waals surface area contributed by atoms with Crippen LogP contribution in [0.5, 0.6) is 0 Å². The first kappa shape index (κ1) is 27.8. The van der Waals surface area contributed by atoms with Crippen LogP contribution in [0.4, 0.5) is 0 Å². The van der Waals surface area contributed by atoms with E-state index in [0.29, 0.717) is 12.0 Å². The van der Waals surface area contributed by atoms with Crippen LogP contribution in [0, 0.1) is 0 Å². The zero-order chi connectivity index (χ0) is 26.1. The molecular weight excluding hydrogens is 450 g/mol. The van der Waals surface area contributed by atoms with Gasteiger partial charge in [0.25, 0.3) is 0 Å². The van der Waals surface area contributed by atoms with Crippen LogP contribution < -0.4 is 11.1 Å². The van der Waals surface area contributed by atoms with Crippen molar-refractivity contribution in [3.05, 3.63) is 59.2 Å². The molecule has 0 fully saturated rings. The second-order valence-electron chi connectivity index (χ2n) is 9.72. The molecule has 36 heavy (non-hydrogen) atoms. The van der Waals surface area contributed by atoms with Gasteiger partial charge in [-0.1, -0.05) is 88.0 Å². The van der Waals surface area contributed by atoms with E-state index in [-0.39, 0.29) is 17.5 Å². The van der Waals surface area contributed by atoms with Crippen molar-refractivity contribution < 1.29 is 14.4 Å². The fourth-order valence-electron chi connectivity index (χ4n) is 5.10. The molecule has 0 saturated heterocycles. The number of nitrogens with zero attached hydrogens (tertiary/aromatic N) is 1. The van der Waals surface area contributed by atoms with E-state index in [4.69, 9.17) is 10.6 Å². The molecule has 0 aromatic heterocycles. The zero-order valence-electron chi connectivity index (χ0n) is 22.2. The Morgan fingerprint density at radius 3 is 2.42 bits per heavy atom. The Morgan fingerprint density at radius 1 is 0.972 bits per heavy atom. The highest BCUT2D eigenvalue weighted by Gasteiger charge is 2.47. The number of Topliss-reactive ketones (excluding diaryl/α,β-unsaturated/α-hetero) is 1. The van der Waals surface area contributed by atoms with E-state index < -0.39 is 11.5 Å². The van der Waals surface area contributed by atoms with Gasteiger partial charge < -0.3 is 15.9 Å². The third-order valence-electron chi connectivity index (χ3n) is 7.04. The van der Waals surface area contributed by atoms with E-state index >= 15 is 0 Å². The second kappa shape index (κ2) is 12.9. The van der Waals surface area contributed by atoms with Crippen molar-refractivity contribution >= 4 is 17.5 Å². The minimum atomic E-state index is -0.579. The van der Waals surface area contributed by atoms with Crippen molar-refractivity contribution in [2.75, 3.05) is 6.54 Å². The molecule has 0 bridgehead atoms. The molecule has 1 aliphatic carbocycles. The zero-order valence-corrected chi connectivity index (χ0v) is 22.2. The van der Waals surface area contributed by atoms with Gasteiger partial charge in [-0.05, 0) is 61.1 Å². The molecule has 0 saturated carbocycles. The maximum atomic E-state index is 13.3. The number of oxime groups is 1. The van der Waals surface area contributed by atoms with Crippen LogP contribution in [0.15, 0.2) is 47.6 Å². The van der Waals surface area contributed by atoms with E-state index in [0.717, 1.165) is 73.7 Å². The minimum Gasteiger partial charge on any atom is -0.326 e. The summed E-state index contributed by atoms with van der Waals surface area (Å²) < 4.78 is 0. The summed E-state index contributed by atoms with van der Waals surface area (Å²) in [5.74, 6) is -0.675. The van der Waals surface area contributed by atoms with E-state index in [1.807, 2.05) is 24.3 Å². The van der Waals surface area contributed by atoms with Crippen molar-refractivity contribution in [3.63, 3.8) is 0 Å². The smallest absolute Gasteiger partial charge is 0.326 e. The molecule has 0 spiro atoms. The van der Waals surface area contributed by atoms with E-state index in [2.05, 4.69) is 49.4 Å². The maximum Gasteiger partial charge on any atom is 0.335 e. The summed E-state index contributed by atoms with van der Waals surface area (Å²) in [6.45, 7) is 8.80. The minimum absolute atomic E-state index is 0.150. The lowest BCUT2D eigenvalue weighted by Gasteiger charge is -2.39. The first-order valence-corrected chi connectivity index (χ1v) is 13.4. The maximum absolute atomic E-state index is 13.3. The molecule has 0 aliphatic heterocycles. The summed E-state index contributed by atoms with van der Waals surface area (Å²) in [5, 5.41) is 7.67. The highest BCUT2D eigenvalue weighted by Crippen LogP contribution is 2.49. The lowest BCUT2D eigenvalue weighted by atomic mass is 9.78. The molecule has 2 atom stereocenters. The molecule has 6 heteroatoms. The molecule has 3 N–H and O–H groups in total. The van der Waals surface area contributed by atoms with Gasteiger partial charge in [0.1, 0.15) is 5.71 Å². The Balaban J connectivity index is 1.98. The third-order valence-corrected chi connectivity index (χ3v) is 7.04. The fraction of sp³-hybridized carbons (Fsp3) is 0.500. The van der Waals surface area contributed by atoms with Crippen molar-refractivity contribution in [1.29, 1.82) is 0 Å². The molecule has 1 aliphatic rings. The number of hydrogen-bond donors (Lipinski definition) is 2. The van der Waals surface area contributed by atoms with Crippen molar-refractivity contribution in [2.45, 2.75) is 90.6 Å². The van der Waals surface area contributed by atoms with Crippen LogP contribution in [0.2, 0.25) is 0 Å². The summed E-state index contributed by atoms with van der Waals surface area (Å²) >= 11 is 0. The van der Waals surface area contributed by atoms with Crippen LogP contribution in [-0.2, 0) is 15.2 Å². The lowest BCUT2D eigenvalue weighted by molar-refractivity contribution is -0.143. The Bertz CT molecular complexity index is 1090. The largest absolute Gasteiger partial charge is 0.335 e. The molecule has 0 amide bonds. The Morgan fingerprint density at radius 2 is 1.69 bits per heavy atom. The predicted octanol–water partition coefficient (Wildman–Crippen LogP) is 6.11. The molecule has 194 valence electrons. The number of ketones is 1. The Kier molecular flexibility index (Phi) is 9.97. The van der Waals surface area contributed by atoms with Gasteiger partial charge >= 0.3 is 5.97 Å². The standard InChI is InChI=1S/C30H41N3O3/c1-5-8-10-16-28(34)36-33-21(4)29(35)22-17-18-24-23-14-11-12-15-25(23)30(26(24)20-22,27(31)13-7-3)32-19-9-6-2/h11-12,14-15,17-18,20,27,32H,5-10,13,16,19,31H2,1-4H3/b33-21-. The number of nitrogens with two attached hydrogens (primary N) is 1. The molecule has 2 unspecified atom stereocenters. The van der Waals surface area contributed by atoms with Crippen LogP contribution in [0.3, 0.4) is 0 Å². The monoisotopic (exact) mass is 491 g/mol. The summed E-state index contributed by atoms with van der Waals surface area (Å²) in [6.07, 6.45) is 6.96. The number of rotatable bonds is 14. The first-order chi connectivity index (χ1) is 17.4. The summed E-state index contributed by atoms with van der Waals surface area (Å²) in [6, 6.07) is 14.0. The number of carbonyl (C=O) groups excluding carboxylic acids is 2. The van der Waals surface area contributed by atoms with Crippen molar-refractivity contribution in [1.82, 2.24) is 5.32 Å². The SMILES string of the molecule is CCCCCC(=O)O/N=C(/C)C(=O)c1ccc2c(c1)C(NCCCC)(C(N)CCC)c1ccccc1-2. The Labute approximate surface area is 215 Å². The number of fused-ring (bicyclic) bond motifs is 3. The van der Waals surface area contributed by atoms with Gasteiger partial charge in [0.2, 0.25) is 5.78 Å². The summed E-state index contributed by atoms with van der Waals surface area (Å²) in [4.78, 5) is 30.2. The van der Waals surface area contributed by atoms with Crippen molar-refractivity contribution in [3.8, 4) is 11.1 Å². The average Bonchev–Trinajstić information content (AvgIpc) is 3.17. The average molecular weight is 492 g/mol. The van der Waals surface area contributed by atoms with E-state index in [9.17, 15) is 9.59 Å². The van der Waals surface area contributed by atoms with E-state index in [1.54, 1.807) is 6.92 Å². The highest BCUT2D eigenvalue weighted by atomic mass is 16.7. The Hall–Kier alpha value is -2.83. The van der Waals surface area contributed by atoms with Crippen LogP contribution in [0.1, 0.15) is 101 Å². The molecule has 2 aromatic carbocycles. The summed E-state index contributed by atoms with van der Waals surface area (Å²) in [7, 11) is 0. The van der Waals surface area contributed by atoms with Gasteiger partial charge in [-0.3, -0.25) is 4.79 Å². The number of nitrogens with one attached hydrogen (secondary N) is 1. The van der Waals surface area contributed by atoms with Crippen LogP contribution >= 0.6 is 0 Å². The quantitative estimate of drug-likeness (QED) is 0.109. The molecule has 2 aromatic rings. The van der Waals surface area contributed by atoms with Gasteiger partial charge in [0.05, 0.1) is 5.54 Å². The van der Waals surface area contributed by atoms with Gasteiger partial charge in [0, 0.05) is 18.0 Å². The first-order valence-electron chi connectivity index (χ1n) is 13.4. The topological polar surface area (TPSA) is 93.8 Å². The summed E-state index contributed by atoms with van der Waals surface area (Å²) in [5.41, 5.74) is 11.4. The predicted molar refractivity (Wildman–Crippen MR) is 146 cm³/mol. The van der Waals surface area contributed by atoms with Crippen LogP contribution in [0.25, 0.3) is 11.1 Å². The molecule has 3 rings (SSSR count). The van der Waals surface area contributed by atoms with Crippen molar-refractivity contribution in [2.24, 2.45) is 10.9 Å². The molecule has 0 radical (unpaired) electrons. The van der Waals surface area contributed by atoms with Gasteiger partial charge in [-0.2, -0.15) is 0 Å². The van der Waals surface area contributed by atoms with Gasteiger partial charge in [-0.15, -0.1) is 0 Å². The highest BCUT2D eigenvalue weighted by molar-refractivity contribution is 6.45. The molecule has 0 heterocycles. The van der Waals surface area contributed by atoms with Gasteiger partial charge in [0.15, 0.2) is 0 Å². The van der Waals surface area contributed by atoms with Crippen LogP contribution in [-0.4, -0.2) is 30.1 Å². The number of benzene rings is 2. The van der Waals surface area contributed by atoms with Gasteiger partial charge in [-0.25, -0.2) is 4.79 Å². The molecular formula is C30H41N3O3. The second-order valence-corrected chi connectivity index (χ2v) is 9.72. The van der Waals surface area contributed by atoms with E-state index in [1.165, 1.54) is 0 Å². The number of carbonyl (C=O) groups is 2. The normalized spacial score (nSPS) is 17.4. The molecule has 6 nitrogen and oxygen atoms in total. The lowest BCUT2D eigenvalue weighted by Crippen LogP contribution is -2.55. The number of hydrogen-bond acceptors (Lipinski definition) is 6. The fourth-order valence-corrected chi connectivity index (χ4v) is 5.10. The number of unbranched alkanes of at least 4 members (excludes halogenated alkanes) is 3.